The highest BCUT2D eigenvalue weighted by molar-refractivity contribution is 6.00. The second-order valence-corrected chi connectivity index (χ2v) is 9.26. The Morgan fingerprint density at radius 3 is 2.67 bits per heavy atom. The standard InChI is InChI=1S/C25H29N5O3/c1-14-7-8-15(2)19(11-14)26-23(32)18-12-20(31)27-22-21(18)24(33)29-25(28-22)30-10-9-16-5-3-4-6-17(16)13-30/h3-8,11,18,21-22,25,28H,9-10,12-13H2,1-2H3,(H,26,32)(H,27,31)(H,29,33). The van der Waals surface area contributed by atoms with Gasteiger partial charge in [-0.05, 0) is 48.6 Å². The molecule has 3 aliphatic heterocycles. The topological polar surface area (TPSA) is 103 Å². The van der Waals surface area contributed by atoms with E-state index in [4.69, 9.17) is 0 Å². The smallest absolute Gasteiger partial charge is 0.229 e. The molecule has 3 heterocycles. The lowest BCUT2D eigenvalue weighted by Gasteiger charge is -2.47. The molecule has 3 amide bonds. The van der Waals surface area contributed by atoms with E-state index in [1.807, 2.05) is 44.2 Å². The van der Waals surface area contributed by atoms with Crippen LogP contribution in [0.5, 0.6) is 0 Å². The van der Waals surface area contributed by atoms with Gasteiger partial charge < -0.3 is 16.0 Å². The van der Waals surface area contributed by atoms with E-state index >= 15 is 0 Å². The van der Waals surface area contributed by atoms with Crippen molar-refractivity contribution in [1.82, 2.24) is 20.9 Å². The maximum absolute atomic E-state index is 13.2. The van der Waals surface area contributed by atoms with Crippen molar-refractivity contribution in [3.63, 3.8) is 0 Å². The van der Waals surface area contributed by atoms with Crippen molar-refractivity contribution in [2.45, 2.75) is 45.7 Å². The molecule has 0 aromatic heterocycles. The van der Waals surface area contributed by atoms with Crippen molar-refractivity contribution in [1.29, 1.82) is 0 Å². The number of hydrogen-bond donors (Lipinski definition) is 4. The molecule has 8 nitrogen and oxygen atoms in total. The minimum Gasteiger partial charge on any atom is -0.340 e. The highest BCUT2D eigenvalue weighted by atomic mass is 16.2. The second kappa shape index (κ2) is 8.61. The van der Waals surface area contributed by atoms with Crippen LogP contribution in [0.2, 0.25) is 0 Å². The van der Waals surface area contributed by atoms with Crippen LogP contribution in [0.4, 0.5) is 5.69 Å². The van der Waals surface area contributed by atoms with Crippen molar-refractivity contribution in [3.8, 4) is 0 Å². The van der Waals surface area contributed by atoms with E-state index in [2.05, 4.69) is 38.3 Å². The summed E-state index contributed by atoms with van der Waals surface area (Å²) in [6.45, 7) is 5.37. The van der Waals surface area contributed by atoms with Crippen molar-refractivity contribution in [3.05, 3.63) is 64.7 Å². The van der Waals surface area contributed by atoms with Gasteiger partial charge in [0.05, 0.1) is 18.0 Å². The predicted molar refractivity (Wildman–Crippen MR) is 124 cm³/mol. The van der Waals surface area contributed by atoms with Gasteiger partial charge in [-0.15, -0.1) is 0 Å². The number of benzene rings is 2. The number of piperidine rings is 1. The normalized spacial score (nSPS) is 27.1. The Hall–Kier alpha value is -3.23. The maximum atomic E-state index is 13.2. The molecule has 0 bridgehead atoms. The number of nitrogens with zero attached hydrogens (tertiary/aromatic N) is 1. The van der Waals surface area contributed by atoms with Gasteiger partial charge in [0.15, 0.2) is 0 Å². The highest BCUT2D eigenvalue weighted by Gasteiger charge is 2.49. The zero-order valence-corrected chi connectivity index (χ0v) is 18.9. The molecule has 0 radical (unpaired) electrons. The fourth-order valence-corrected chi connectivity index (χ4v) is 5.09. The summed E-state index contributed by atoms with van der Waals surface area (Å²) < 4.78 is 0. The zero-order chi connectivity index (χ0) is 23.1. The van der Waals surface area contributed by atoms with E-state index in [9.17, 15) is 14.4 Å². The van der Waals surface area contributed by atoms with Gasteiger partial charge >= 0.3 is 0 Å². The third-order valence-corrected chi connectivity index (χ3v) is 6.95. The molecule has 8 heteroatoms. The first kappa shape index (κ1) is 21.6. The van der Waals surface area contributed by atoms with Crippen LogP contribution in [0.3, 0.4) is 0 Å². The Morgan fingerprint density at radius 2 is 1.85 bits per heavy atom. The molecule has 2 saturated heterocycles. The Bertz CT molecular complexity index is 1120. The Labute approximate surface area is 193 Å². The molecule has 4 unspecified atom stereocenters. The summed E-state index contributed by atoms with van der Waals surface area (Å²) in [4.78, 5) is 41.0. The largest absolute Gasteiger partial charge is 0.340 e. The molecule has 33 heavy (non-hydrogen) atoms. The number of fused-ring (bicyclic) bond motifs is 2. The number of carbonyl (C=O) groups excluding carboxylic acids is 3. The first-order valence-electron chi connectivity index (χ1n) is 11.4. The van der Waals surface area contributed by atoms with Crippen LogP contribution in [0, 0.1) is 25.7 Å². The fraction of sp³-hybridized carbons (Fsp3) is 0.400. The van der Waals surface area contributed by atoms with Crippen LogP contribution in [0.15, 0.2) is 42.5 Å². The lowest BCUT2D eigenvalue weighted by molar-refractivity contribution is -0.147. The van der Waals surface area contributed by atoms with Crippen LogP contribution in [-0.4, -0.2) is 41.6 Å². The number of anilines is 1. The van der Waals surface area contributed by atoms with Crippen molar-refractivity contribution in [2.24, 2.45) is 11.8 Å². The van der Waals surface area contributed by atoms with Crippen molar-refractivity contribution in [2.75, 3.05) is 11.9 Å². The quantitative estimate of drug-likeness (QED) is 0.570. The average Bonchev–Trinajstić information content (AvgIpc) is 2.80. The fourth-order valence-electron chi connectivity index (χ4n) is 5.09. The molecule has 2 fully saturated rings. The lowest BCUT2D eigenvalue weighted by atomic mass is 9.81. The molecule has 2 aromatic carbocycles. The molecular weight excluding hydrogens is 418 g/mol. The molecule has 0 aliphatic carbocycles. The van der Waals surface area contributed by atoms with Gasteiger partial charge in [-0.2, -0.15) is 0 Å². The molecule has 5 rings (SSSR count). The molecule has 4 N–H and O–H groups in total. The summed E-state index contributed by atoms with van der Waals surface area (Å²) in [5, 5.41) is 12.2. The van der Waals surface area contributed by atoms with Gasteiger partial charge in [0.2, 0.25) is 17.7 Å². The van der Waals surface area contributed by atoms with E-state index in [-0.39, 0.29) is 24.1 Å². The van der Waals surface area contributed by atoms with E-state index in [1.165, 1.54) is 11.1 Å². The molecule has 2 aromatic rings. The number of hydrogen-bond acceptors (Lipinski definition) is 5. The first-order valence-corrected chi connectivity index (χ1v) is 11.4. The van der Waals surface area contributed by atoms with Gasteiger partial charge in [0.1, 0.15) is 6.29 Å². The monoisotopic (exact) mass is 447 g/mol. The van der Waals surface area contributed by atoms with Crippen molar-refractivity contribution < 1.29 is 14.4 Å². The number of aryl methyl sites for hydroxylation is 2. The minimum atomic E-state index is -0.751. The lowest BCUT2D eigenvalue weighted by Crippen LogP contribution is -2.74. The van der Waals surface area contributed by atoms with Crippen LogP contribution < -0.4 is 21.3 Å². The van der Waals surface area contributed by atoms with Crippen LogP contribution in [0.25, 0.3) is 0 Å². The van der Waals surface area contributed by atoms with Gasteiger partial charge in [0, 0.05) is 25.2 Å². The summed E-state index contributed by atoms with van der Waals surface area (Å²) in [5.74, 6) is -2.19. The zero-order valence-electron chi connectivity index (χ0n) is 18.9. The Balaban J connectivity index is 1.32. The van der Waals surface area contributed by atoms with Gasteiger partial charge in [-0.3, -0.25) is 24.6 Å². The first-order chi connectivity index (χ1) is 15.9. The average molecular weight is 448 g/mol. The SMILES string of the molecule is Cc1ccc(C)c(NC(=O)C2CC(=O)NC3NC(N4CCc5ccccc5C4)NC(=O)C32)c1. The predicted octanol–water partition coefficient (Wildman–Crippen LogP) is 1.38. The Kier molecular flexibility index (Phi) is 5.64. The van der Waals surface area contributed by atoms with Gasteiger partial charge in [-0.25, -0.2) is 0 Å². The number of amides is 3. The van der Waals surface area contributed by atoms with E-state index < -0.39 is 24.3 Å². The second-order valence-electron chi connectivity index (χ2n) is 9.26. The van der Waals surface area contributed by atoms with Crippen LogP contribution >= 0.6 is 0 Å². The minimum absolute atomic E-state index is 0.0191. The molecule has 172 valence electrons. The summed E-state index contributed by atoms with van der Waals surface area (Å²) in [5.41, 5.74) is 5.22. The van der Waals surface area contributed by atoms with E-state index in [0.717, 1.165) is 24.1 Å². The van der Waals surface area contributed by atoms with E-state index in [0.29, 0.717) is 12.2 Å². The maximum Gasteiger partial charge on any atom is 0.229 e. The molecule has 0 saturated carbocycles. The summed E-state index contributed by atoms with van der Waals surface area (Å²) in [6, 6.07) is 14.1. The third-order valence-electron chi connectivity index (χ3n) is 6.95. The summed E-state index contributed by atoms with van der Waals surface area (Å²) in [6.07, 6.45) is -0.134. The highest BCUT2D eigenvalue weighted by Crippen LogP contribution is 2.30. The number of rotatable bonds is 3. The van der Waals surface area contributed by atoms with Crippen molar-refractivity contribution >= 4 is 23.4 Å². The number of carbonyl (C=O) groups is 3. The van der Waals surface area contributed by atoms with Crippen LogP contribution in [0.1, 0.15) is 28.7 Å². The molecule has 3 aliphatic rings. The van der Waals surface area contributed by atoms with E-state index in [1.54, 1.807) is 0 Å². The summed E-state index contributed by atoms with van der Waals surface area (Å²) in [7, 11) is 0. The number of nitrogens with one attached hydrogen (secondary N) is 4. The van der Waals surface area contributed by atoms with Gasteiger partial charge in [-0.1, -0.05) is 36.4 Å². The molecular formula is C25H29N5O3. The van der Waals surface area contributed by atoms with Crippen LogP contribution in [-0.2, 0) is 27.3 Å². The molecule has 4 atom stereocenters. The van der Waals surface area contributed by atoms with Gasteiger partial charge in [0.25, 0.3) is 0 Å². The Morgan fingerprint density at radius 1 is 1.06 bits per heavy atom. The summed E-state index contributed by atoms with van der Waals surface area (Å²) >= 11 is 0. The third kappa shape index (κ3) is 4.24. The molecule has 0 spiro atoms.